The van der Waals surface area contributed by atoms with E-state index in [1.807, 2.05) is 20.0 Å². The van der Waals surface area contributed by atoms with Crippen molar-refractivity contribution < 1.29 is 9.13 Å². The molecule has 0 aliphatic carbocycles. The lowest BCUT2D eigenvalue weighted by Gasteiger charge is -2.48. The van der Waals surface area contributed by atoms with Gasteiger partial charge in [0.1, 0.15) is 5.82 Å². The molecule has 0 aromatic heterocycles. The van der Waals surface area contributed by atoms with Crippen LogP contribution in [-0.2, 0) is 4.74 Å². The average molecular weight is 294 g/mol. The van der Waals surface area contributed by atoms with Crippen molar-refractivity contribution in [3.05, 3.63) is 29.6 Å². The number of hydrogen-bond donors (Lipinski definition) is 1. The summed E-state index contributed by atoms with van der Waals surface area (Å²) in [6.07, 6.45) is 0. The van der Waals surface area contributed by atoms with Crippen molar-refractivity contribution >= 4 is 5.69 Å². The number of anilines is 1. The number of halogens is 1. The van der Waals surface area contributed by atoms with Crippen molar-refractivity contribution in [2.24, 2.45) is 0 Å². The van der Waals surface area contributed by atoms with Crippen LogP contribution in [-0.4, -0.2) is 31.3 Å². The molecule has 21 heavy (non-hydrogen) atoms. The Balaban J connectivity index is 2.44. The number of hydrogen-bond acceptors (Lipinski definition) is 3. The van der Waals surface area contributed by atoms with Gasteiger partial charge in [0.15, 0.2) is 0 Å². The molecule has 1 N–H and O–H groups in total. The van der Waals surface area contributed by atoms with Gasteiger partial charge in [0.2, 0.25) is 0 Å². The first-order valence-corrected chi connectivity index (χ1v) is 7.56. The van der Waals surface area contributed by atoms with Crippen LogP contribution in [0, 0.1) is 5.82 Å². The van der Waals surface area contributed by atoms with Crippen LogP contribution in [0.3, 0.4) is 0 Å². The third kappa shape index (κ3) is 3.55. The van der Waals surface area contributed by atoms with E-state index in [0.717, 1.165) is 24.3 Å². The fourth-order valence-electron chi connectivity index (χ4n) is 3.33. The zero-order chi connectivity index (χ0) is 15.8. The molecule has 0 saturated carbocycles. The summed E-state index contributed by atoms with van der Waals surface area (Å²) in [6, 6.07) is 5.29. The highest BCUT2D eigenvalue weighted by Crippen LogP contribution is 2.35. The van der Waals surface area contributed by atoms with E-state index in [-0.39, 0.29) is 23.1 Å². The van der Waals surface area contributed by atoms with Gasteiger partial charge >= 0.3 is 0 Å². The van der Waals surface area contributed by atoms with Gasteiger partial charge in [-0.2, -0.15) is 0 Å². The fraction of sp³-hybridized carbons (Fsp3) is 0.647. The molecule has 1 fully saturated rings. The van der Waals surface area contributed by atoms with E-state index < -0.39 is 0 Å². The second-order valence-electron chi connectivity index (χ2n) is 7.16. The Morgan fingerprint density at radius 2 is 1.76 bits per heavy atom. The van der Waals surface area contributed by atoms with Crippen LogP contribution in [0.2, 0.25) is 0 Å². The monoisotopic (exact) mass is 294 g/mol. The molecule has 1 aromatic carbocycles. The minimum absolute atomic E-state index is 0.0322. The SMILES string of the molecule is CNC(C)c1c(F)cccc1N1CC(C)(C)OC(C)(C)C1. The van der Waals surface area contributed by atoms with E-state index in [2.05, 4.69) is 37.9 Å². The van der Waals surface area contributed by atoms with Crippen LogP contribution in [0.5, 0.6) is 0 Å². The minimum atomic E-state index is -0.256. The quantitative estimate of drug-likeness (QED) is 0.923. The third-order valence-corrected chi connectivity index (χ3v) is 3.93. The molecule has 1 unspecified atom stereocenters. The number of nitrogens with one attached hydrogen (secondary N) is 1. The van der Waals surface area contributed by atoms with E-state index in [1.165, 1.54) is 6.07 Å². The van der Waals surface area contributed by atoms with E-state index in [0.29, 0.717) is 0 Å². The first-order chi connectivity index (χ1) is 9.65. The number of ether oxygens (including phenoxy) is 1. The summed E-state index contributed by atoms with van der Waals surface area (Å²) in [7, 11) is 1.86. The zero-order valence-electron chi connectivity index (χ0n) is 14.0. The maximum absolute atomic E-state index is 14.3. The summed E-state index contributed by atoms with van der Waals surface area (Å²) in [5, 5.41) is 3.15. The smallest absolute Gasteiger partial charge is 0.130 e. The number of rotatable bonds is 3. The highest BCUT2D eigenvalue weighted by atomic mass is 19.1. The van der Waals surface area contributed by atoms with Crippen LogP contribution in [0.15, 0.2) is 18.2 Å². The maximum Gasteiger partial charge on any atom is 0.130 e. The van der Waals surface area contributed by atoms with Crippen molar-refractivity contribution in [1.82, 2.24) is 5.32 Å². The van der Waals surface area contributed by atoms with Crippen LogP contribution >= 0.6 is 0 Å². The summed E-state index contributed by atoms with van der Waals surface area (Å²) in [5.74, 6) is -0.156. The van der Waals surface area contributed by atoms with E-state index in [4.69, 9.17) is 4.74 Å². The molecule has 0 spiro atoms. The van der Waals surface area contributed by atoms with Crippen LogP contribution in [0.25, 0.3) is 0 Å². The lowest BCUT2D eigenvalue weighted by Crippen LogP contribution is -2.57. The Morgan fingerprint density at radius 3 is 2.29 bits per heavy atom. The Bertz CT molecular complexity index is 498. The fourth-order valence-corrected chi connectivity index (χ4v) is 3.33. The first kappa shape index (κ1) is 16.2. The molecule has 1 aromatic rings. The molecule has 0 amide bonds. The standard InChI is InChI=1S/C17H27FN2O/c1-12(19-6)15-13(18)8-7-9-14(15)20-10-16(2,3)21-17(4,5)11-20/h7-9,12,19H,10-11H2,1-6H3. The summed E-state index contributed by atoms with van der Waals surface area (Å²) in [5.41, 5.74) is 1.18. The molecular weight excluding hydrogens is 267 g/mol. The molecule has 0 bridgehead atoms. The summed E-state index contributed by atoms with van der Waals surface area (Å²) >= 11 is 0. The summed E-state index contributed by atoms with van der Waals surface area (Å²) in [6.45, 7) is 11.8. The van der Waals surface area contributed by atoms with E-state index in [1.54, 1.807) is 6.07 Å². The second kappa shape index (κ2) is 5.58. The van der Waals surface area contributed by atoms with Gasteiger partial charge in [-0.3, -0.25) is 0 Å². The predicted molar refractivity (Wildman–Crippen MR) is 85.3 cm³/mol. The van der Waals surface area contributed by atoms with Gasteiger partial charge in [-0.15, -0.1) is 0 Å². The summed E-state index contributed by atoms with van der Waals surface area (Å²) in [4.78, 5) is 2.25. The second-order valence-corrected chi connectivity index (χ2v) is 7.16. The normalized spacial score (nSPS) is 22.1. The van der Waals surface area contributed by atoms with Crippen LogP contribution < -0.4 is 10.2 Å². The van der Waals surface area contributed by atoms with E-state index in [9.17, 15) is 4.39 Å². The number of morpholine rings is 1. The Hall–Kier alpha value is -1.13. The Morgan fingerprint density at radius 1 is 1.19 bits per heavy atom. The average Bonchev–Trinajstić information content (AvgIpc) is 2.33. The predicted octanol–water partition coefficient (Wildman–Crippen LogP) is 3.50. The molecule has 1 saturated heterocycles. The third-order valence-electron chi connectivity index (χ3n) is 3.93. The molecule has 1 aliphatic heterocycles. The van der Waals surface area contributed by atoms with Crippen molar-refractivity contribution in [3.8, 4) is 0 Å². The molecule has 0 radical (unpaired) electrons. The van der Waals surface area contributed by atoms with Gasteiger partial charge in [0.25, 0.3) is 0 Å². The van der Waals surface area contributed by atoms with Crippen molar-refractivity contribution in [1.29, 1.82) is 0 Å². The van der Waals surface area contributed by atoms with Gasteiger partial charge in [0.05, 0.1) is 11.2 Å². The lowest BCUT2D eigenvalue weighted by atomic mass is 9.96. The number of nitrogens with zero attached hydrogens (tertiary/aromatic N) is 1. The van der Waals surface area contributed by atoms with Gasteiger partial charge in [-0.1, -0.05) is 6.07 Å². The molecule has 3 nitrogen and oxygen atoms in total. The molecule has 4 heteroatoms. The summed E-state index contributed by atoms with van der Waals surface area (Å²) < 4.78 is 20.4. The molecule has 1 atom stereocenters. The number of benzene rings is 1. The van der Waals surface area contributed by atoms with Crippen molar-refractivity contribution in [3.63, 3.8) is 0 Å². The van der Waals surface area contributed by atoms with E-state index >= 15 is 0 Å². The van der Waals surface area contributed by atoms with Gasteiger partial charge in [-0.05, 0) is 53.8 Å². The maximum atomic E-state index is 14.3. The van der Waals surface area contributed by atoms with Gasteiger partial charge in [0, 0.05) is 30.4 Å². The van der Waals surface area contributed by atoms with Gasteiger partial charge < -0.3 is 15.0 Å². The van der Waals surface area contributed by atoms with Crippen molar-refractivity contribution in [2.75, 3.05) is 25.0 Å². The molecule has 1 aliphatic rings. The molecule has 1 heterocycles. The molecular formula is C17H27FN2O. The van der Waals surface area contributed by atoms with Gasteiger partial charge in [-0.25, -0.2) is 4.39 Å². The lowest BCUT2D eigenvalue weighted by molar-refractivity contribution is -0.133. The van der Waals surface area contributed by atoms with Crippen LogP contribution in [0.1, 0.15) is 46.2 Å². The topological polar surface area (TPSA) is 24.5 Å². The highest BCUT2D eigenvalue weighted by molar-refractivity contribution is 5.56. The minimum Gasteiger partial charge on any atom is -0.366 e. The molecule has 118 valence electrons. The first-order valence-electron chi connectivity index (χ1n) is 7.56. The Labute approximate surface area is 127 Å². The molecule has 2 rings (SSSR count). The highest BCUT2D eigenvalue weighted by Gasteiger charge is 2.39. The van der Waals surface area contributed by atoms with Crippen molar-refractivity contribution in [2.45, 2.75) is 51.9 Å². The van der Waals surface area contributed by atoms with Crippen LogP contribution in [0.4, 0.5) is 10.1 Å². The Kier molecular flexibility index (Phi) is 4.31. The largest absolute Gasteiger partial charge is 0.366 e. The zero-order valence-corrected chi connectivity index (χ0v) is 14.0.